The second kappa shape index (κ2) is 7.98. The topological polar surface area (TPSA) is 76.7 Å². The van der Waals surface area contributed by atoms with Crippen molar-refractivity contribution < 1.29 is 19.1 Å². The summed E-state index contributed by atoms with van der Waals surface area (Å²) >= 11 is 0. The van der Waals surface area contributed by atoms with E-state index in [1.165, 1.54) is 0 Å². The van der Waals surface area contributed by atoms with Crippen LogP contribution < -0.4 is 10.6 Å². The number of benzene rings is 1. The molecule has 0 aliphatic heterocycles. The minimum absolute atomic E-state index is 0.508. The number of carbonyl (C=O) groups is 2. The minimum atomic E-state index is -0.819. The van der Waals surface area contributed by atoms with Gasteiger partial charge in [0.2, 0.25) is 0 Å². The normalized spacial score (nSPS) is 13.5. The molecule has 1 rings (SSSR count). The van der Waals surface area contributed by atoms with E-state index in [0.29, 0.717) is 0 Å². The lowest BCUT2D eigenvalue weighted by atomic mass is 9.88. The maximum atomic E-state index is 12.3. The van der Waals surface area contributed by atoms with E-state index in [-0.39, 0.29) is 0 Å². The van der Waals surface area contributed by atoms with Gasteiger partial charge in [-0.2, -0.15) is 0 Å². The predicted molar refractivity (Wildman–Crippen MR) is 102 cm³/mol. The second-order valence-corrected chi connectivity index (χ2v) is 8.84. The van der Waals surface area contributed by atoms with Gasteiger partial charge in [-0.05, 0) is 61.0 Å². The fraction of sp³-hybridized carbons (Fsp3) is 0.600. The molecule has 1 atom stereocenters. The van der Waals surface area contributed by atoms with Crippen molar-refractivity contribution in [1.29, 1.82) is 0 Å². The first kappa shape index (κ1) is 21.8. The molecule has 1 unspecified atom stereocenters. The molecule has 0 aliphatic rings. The summed E-state index contributed by atoms with van der Waals surface area (Å²) in [6.45, 7) is 14.4. The number of carbonyl (C=O) groups excluding carboxylic acids is 2. The van der Waals surface area contributed by atoms with Gasteiger partial charge in [-0.1, -0.05) is 30.3 Å². The fourth-order valence-electron chi connectivity index (χ4n) is 2.39. The van der Waals surface area contributed by atoms with Crippen LogP contribution in [0.2, 0.25) is 0 Å². The summed E-state index contributed by atoms with van der Waals surface area (Å²) in [6, 6.07) is 8.92. The van der Waals surface area contributed by atoms with Crippen molar-refractivity contribution >= 4 is 12.2 Å². The van der Waals surface area contributed by atoms with Crippen LogP contribution in [0.1, 0.15) is 67.0 Å². The average Bonchev–Trinajstić information content (AvgIpc) is 2.40. The van der Waals surface area contributed by atoms with E-state index in [1.807, 2.05) is 44.2 Å². The molecular formula is C20H32N2O4. The van der Waals surface area contributed by atoms with Crippen molar-refractivity contribution in [3.63, 3.8) is 0 Å². The Balaban J connectivity index is 3.03. The summed E-state index contributed by atoms with van der Waals surface area (Å²) in [5, 5.41) is 5.72. The van der Waals surface area contributed by atoms with Gasteiger partial charge in [-0.3, -0.25) is 0 Å². The molecule has 26 heavy (non-hydrogen) atoms. The van der Waals surface area contributed by atoms with Crippen LogP contribution in [0.25, 0.3) is 0 Å². The Hall–Kier alpha value is -2.24. The first-order valence-electron chi connectivity index (χ1n) is 8.75. The predicted octanol–water partition coefficient (Wildman–Crippen LogP) is 4.56. The van der Waals surface area contributed by atoms with E-state index in [9.17, 15) is 9.59 Å². The Kier molecular flexibility index (Phi) is 6.69. The monoisotopic (exact) mass is 364 g/mol. The van der Waals surface area contributed by atoms with Gasteiger partial charge in [-0.25, -0.2) is 9.59 Å². The number of hydrogen-bond acceptors (Lipinski definition) is 4. The van der Waals surface area contributed by atoms with E-state index >= 15 is 0 Å². The molecule has 0 saturated heterocycles. The average molecular weight is 364 g/mol. The molecule has 2 N–H and O–H groups in total. The lowest BCUT2D eigenvalue weighted by Crippen LogP contribution is -2.55. The molecule has 1 aromatic carbocycles. The zero-order valence-corrected chi connectivity index (χ0v) is 17.1. The summed E-state index contributed by atoms with van der Waals surface area (Å²) < 4.78 is 10.7. The third-order valence-electron chi connectivity index (χ3n) is 3.34. The summed E-state index contributed by atoms with van der Waals surface area (Å²) in [4.78, 5) is 24.6. The smallest absolute Gasteiger partial charge is 0.408 e. The molecule has 0 spiro atoms. The summed E-state index contributed by atoms with van der Waals surface area (Å²) in [5.41, 5.74) is -1.20. The standard InChI is InChI=1S/C20H32N2O4/c1-18(2,3)25-16(23)21-15(14-12-10-9-11-13-14)20(7,8)22-17(24)26-19(4,5)6/h9-13,15H,1-8H3,(H,21,23)(H,22,24). The van der Waals surface area contributed by atoms with Crippen molar-refractivity contribution in [2.45, 2.75) is 78.2 Å². The maximum absolute atomic E-state index is 12.3. The second-order valence-electron chi connectivity index (χ2n) is 8.84. The molecule has 2 amide bonds. The molecule has 146 valence electrons. The van der Waals surface area contributed by atoms with Gasteiger partial charge in [0.15, 0.2) is 0 Å². The van der Waals surface area contributed by atoms with Crippen molar-refractivity contribution in [1.82, 2.24) is 10.6 Å². The lowest BCUT2D eigenvalue weighted by molar-refractivity contribution is 0.0378. The molecule has 0 radical (unpaired) electrons. The molecular weight excluding hydrogens is 332 g/mol. The van der Waals surface area contributed by atoms with E-state index < -0.39 is 35.0 Å². The molecule has 0 fully saturated rings. The Morgan fingerprint density at radius 1 is 0.808 bits per heavy atom. The highest BCUT2D eigenvalue weighted by Crippen LogP contribution is 2.27. The largest absolute Gasteiger partial charge is 0.444 e. The van der Waals surface area contributed by atoms with Gasteiger partial charge in [0, 0.05) is 0 Å². The van der Waals surface area contributed by atoms with Gasteiger partial charge in [0.05, 0.1) is 11.6 Å². The van der Waals surface area contributed by atoms with E-state index in [2.05, 4.69) is 10.6 Å². The molecule has 6 nitrogen and oxygen atoms in total. The third kappa shape index (κ3) is 7.76. The zero-order chi connectivity index (χ0) is 20.2. The van der Waals surface area contributed by atoms with E-state index in [0.717, 1.165) is 5.56 Å². The maximum Gasteiger partial charge on any atom is 0.408 e. The highest BCUT2D eigenvalue weighted by Gasteiger charge is 2.36. The van der Waals surface area contributed by atoms with Crippen molar-refractivity contribution in [3.05, 3.63) is 35.9 Å². The summed E-state index contributed by atoms with van der Waals surface area (Å²) in [7, 11) is 0. The molecule has 0 aromatic heterocycles. The van der Waals surface area contributed by atoms with E-state index in [1.54, 1.807) is 41.5 Å². The highest BCUT2D eigenvalue weighted by molar-refractivity contribution is 5.71. The van der Waals surface area contributed by atoms with Gasteiger partial charge >= 0.3 is 12.2 Å². The third-order valence-corrected chi connectivity index (χ3v) is 3.34. The lowest BCUT2D eigenvalue weighted by Gasteiger charge is -2.37. The number of rotatable bonds is 4. The number of alkyl carbamates (subject to hydrolysis) is 2. The van der Waals surface area contributed by atoms with Crippen molar-refractivity contribution in [2.24, 2.45) is 0 Å². The van der Waals surface area contributed by atoms with Crippen LogP contribution in [0.3, 0.4) is 0 Å². The first-order valence-corrected chi connectivity index (χ1v) is 8.75. The molecule has 0 saturated carbocycles. The molecule has 0 aliphatic carbocycles. The van der Waals surface area contributed by atoms with Crippen molar-refractivity contribution in [3.8, 4) is 0 Å². The molecule has 1 aromatic rings. The van der Waals surface area contributed by atoms with Gasteiger partial charge in [0.25, 0.3) is 0 Å². The van der Waals surface area contributed by atoms with Crippen molar-refractivity contribution in [2.75, 3.05) is 0 Å². The summed E-state index contributed by atoms with van der Waals surface area (Å²) in [6.07, 6.45) is -1.10. The van der Waals surface area contributed by atoms with Crippen LogP contribution >= 0.6 is 0 Å². The minimum Gasteiger partial charge on any atom is -0.444 e. The van der Waals surface area contributed by atoms with Crippen LogP contribution in [0.15, 0.2) is 30.3 Å². The van der Waals surface area contributed by atoms with Gasteiger partial charge in [0.1, 0.15) is 11.2 Å². The summed E-state index contributed by atoms with van der Waals surface area (Å²) in [5.74, 6) is 0. The Bertz CT molecular complexity index is 613. The molecule has 0 heterocycles. The molecule has 0 bridgehead atoms. The number of ether oxygens (including phenoxy) is 2. The van der Waals surface area contributed by atoms with Crippen LogP contribution in [0.5, 0.6) is 0 Å². The Morgan fingerprint density at radius 2 is 1.27 bits per heavy atom. The Morgan fingerprint density at radius 3 is 1.73 bits per heavy atom. The number of nitrogens with one attached hydrogen (secondary N) is 2. The zero-order valence-electron chi connectivity index (χ0n) is 17.1. The van der Waals surface area contributed by atoms with Gasteiger partial charge < -0.3 is 20.1 Å². The SMILES string of the molecule is CC(C)(C)OC(=O)NC(c1ccccc1)C(C)(C)NC(=O)OC(C)(C)C. The quantitative estimate of drug-likeness (QED) is 0.821. The van der Waals surface area contributed by atoms with E-state index in [4.69, 9.17) is 9.47 Å². The van der Waals surface area contributed by atoms with Crippen LogP contribution in [-0.2, 0) is 9.47 Å². The van der Waals surface area contributed by atoms with Crippen LogP contribution in [0.4, 0.5) is 9.59 Å². The van der Waals surface area contributed by atoms with Crippen LogP contribution in [0, 0.1) is 0 Å². The molecule has 6 heteroatoms. The van der Waals surface area contributed by atoms with Crippen LogP contribution in [-0.4, -0.2) is 28.9 Å². The highest BCUT2D eigenvalue weighted by atomic mass is 16.6. The fourth-order valence-corrected chi connectivity index (χ4v) is 2.39. The Labute approximate surface area is 156 Å². The number of amides is 2. The number of hydrogen-bond donors (Lipinski definition) is 2. The first-order chi connectivity index (χ1) is 11.7. The van der Waals surface area contributed by atoms with Gasteiger partial charge in [-0.15, -0.1) is 0 Å².